The Hall–Kier alpha value is -2.96. The van der Waals surface area contributed by atoms with Gasteiger partial charge in [0.15, 0.2) is 0 Å². The lowest BCUT2D eigenvalue weighted by molar-refractivity contribution is -0.114. The topological polar surface area (TPSA) is 93.1 Å². The fourth-order valence-corrected chi connectivity index (χ4v) is 2.11. The summed E-state index contributed by atoms with van der Waals surface area (Å²) in [6.07, 6.45) is 1.75. The quantitative estimate of drug-likeness (QED) is 0.850. The molecular weight excluding hydrogens is 308 g/mol. The van der Waals surface area contributed by atoms with Gasteiger partial charge in [-0.1, -0.05) is 19.4 Å². The highest BCUT2D eigenvalue weighted by molar-refractivity contribution is 6.03. The van der Waals surface area contributed by atoms with Gasteiger partial charge in [0.1, 0.15) is 5.69 Å². The van der Waals surface area contributed by atoms with Gasteiger partial charge in [0.05, 0.1) is 0 Å². The third-order valence-electron chi connectivity index (χ3n) is 3.26. The Morgan fingerprint density at radius 3 is 2.50 bits per heavy atom. The number of aromatic nitrogens is 2. The summed E-state index contributed by atoms with van der Waals surface area (Å²) < 4.78 is 1.30. The molecule has 1 aromatic carbocycles. The second-order valence-corrected chi connectivity index (χ2v) is 5.35. The molecule has 0 bridgehead atoms. The van der Waals surface area contributed by atoms with Crippen LogP contribution in [0.3, 0.4) is 0 Å². The maximum atomic E-state index is 12.3. The van der Waals surface area contributed by atoms with Gasteiger partial charge in [0.25, 0.3) is 11.5 Å². The van der Waals surface area contributed by atoms with E-state index in [9.17, 15) is 14.4 Å². The zero-order chi connectivity index (χ0) is 17.5. The minimum atomic E-state index is -0.416. The maximum absolute atomic E-state index is 12.3. The number of nitrogens with zero attached hydrogens (tertiary/aromatic N) is 2. The van der Waals surface area contributed by atoms with Gasteiger partial charge in [0, 0.05) is 30.9 Å². The molecule has 0 radical (unpaired) electrons. The summed E-state index contributed by atoms with van der Waals surface area (Å²) in [5.41, 5.74) is 1.05. The molecule has 0 aliphatic heterocycles. The largest absolute Gasteiger partial charge is 0.326 e. The lowest BCUT2D eigenvalue weighted by Gasteiger charge is -2.09. The number of carbonyl (C=O) groups is 2. The highest BCUT2D eigenvalue weighted by atomic mass is 16.2. The summed E-state index contributed by atoms with van der Waals surface area (Å²) in [6.45, 7) is 3.91. The number of aryl methyl sites for hydroxylation is 1. The predicted octanol–water partition coefficient (Wildman–Crippen LogP) is 2.25. The molecule has 1 heterocycles. The Morgan fingerprint density at radius 1 is 1.12 bits per heavy atom. The second-order valence-electron chi connectivity index (χ2n) is 5.35. The van der Waals surface area contributed by atoms with Crippen molar-refractivity contribution in [1.29, 1.82) is 0 Å². The van der Waals surface area contributed by atoms with Crippen LogP contribution in [0.15, 0.2) is 41.2 Å². The molecule has 0 fully saturated rings. The molecule has 2 aromatic rings. The van der Waals surface area contributed by atoms with E-state index in [4.69, 9.17) is 0 Å². The maximum Gasteiger partial charge on any atom is 0.276 e. The van der Waals surface area contributed by atoms with Crippen LogP contribution in [0.25, 0.3) is 0 Å². The van der Waals surface area contributed by atoms with Crippen LogP contribution in [0.1, 0.15) is 37.2 Å². The number of amides is 2. The first-order valence-electron chi connectivity index (χ1n) is 7.76. The Kier molecular flexibility index (Phi) is 5.83. The lowest BCUT2D eigenvalue weighted by atomic mass is 10.2. The van der Waals surface area contributed by atoms with Crippen molar-refractivity contribution in [3.63, 3.8) is 0 Å². The van der Waals surface area contributed by atoms with E-state index in [1.165, 1.54) is 23.7 Å². The van der Waals surface area contributed by atoms with Crippen molar-refractivity contribution >= 4 is 23.2 Å². The molecule has 126 valence electrons. The molecule has 0 spiro atoms. The van der Waals surface area contributed by atoms with Crippen molar-refractivity contribution in [3.05, 3.63) is 52.4 Å². The molecule has 2 rings (SSSR count). The van der Waals surface area contributed by atoms with E-state index in [2.05, 4.69) is 15.7 Å². The molecule has 1 aromatic heterocycles. The van der Waals surface area contributed by atoms with Crippen LogP contribution in [0.4, 0.5) is 11.4 Å². The fourth-order valence-electron chi connectivity index (χ4n) is 2.11. The Morgan fingerprint density at radius 2 is 1.83 bits per heavy atom. The number of nitrogens with one attached hydrogen (secondary N) is 2. The number of hydrogen-bond donors (Lipinski definition) is 2. The Labute approximate surface area is 139 Å². The zero-order valence-corrected chi connectivity index (χ0v) is 13.7. The normalized spacial score (nSPS) is 10.2. The number of rotatable bonds is 6. The van der Waals surface area contributed by atoms with E-state index >= 15 is 0 Å². The van der Waals surface area contributed by atoms with E-state index < -0.39 is 5.91 Å². The number of benzene rings is 1. The minimum Gasteiger partial charge on any atom is -0.326 e. The lowest BCUT2D eigenvalue weighted by Crippen LogP contribution is -2.26. The predicted molar refractivity (Wildman–Crippen MR) is 92.1 cm³/mol. The third kappa shape index (κ3) is 4.77. The smallest absolute Gasteiger partial charge is 0.276 e. The van der Waals surface area contributed by atoms with E-state index in [0.29, 0.717) is 17.9 Å². The Bertz CT molecular complexity index is 798. The van der Waals surface area contributed by atoms with Gasteiger partial charge in [-0.15, -0.1) is 0 Å². The first kappa shape index (κ1) is 17.4. The minimum absolute atomic E-state index is 0.163. The van der Waals surface area contributed by atoms with Gasteiger partial charge in [-0.2, -0.15) is 5.10 Å². The number of unbranched alkanes of at least 4 members (excludes halogenated alkanes) is 1. The van der Waals surface area contributed by atoms with Crippen LogP contribution in [0.2, 0.25) is 0 Å². The van der Waals surface area contributed by atoms with Gasteiger partial charge < -0.3 is 10.6 Å². The number of hydrogen-bond acceptors (Lipinski definition) is 4. The molecule has 24 heavy (non-hydrogen) atoms. The van der Waals surface area contributed by atoms with Crippen LogP contribution in [0.5, 0.6) is 0 Å². The average molecular weight is 328 g/mol. The summed E-state index contributed by atoms with van der Waals surface area (Å²) in [4.78, 5) is 35.1. The Balaban J connectivity index is 2.15. The van der Waals surface area contributed by atoms with E-state index in [0.717, 1.165) is 12.8 Å². The van der Waals surface area contributed by atoms with E-state index in [-0.39, 0.29) is 17.2 Å². The zero-order valence-electron chi connectivity index (χ0n) is 13.7. The standard InChI is InChI=1S/C17H20N4O3/c1-3-4-10-21-16(23)9-8-15(20-21)17(24)19-14-7-5-6-13(11-14)18-12(2)22/h5-9,11H,3-4,10H2,1-2H3,(H,18,22)(H,19,24). The third-order valence-corrected chi connectivity index (χ3v) is 3.26. The first-order valence-corrected chi connectivity index (χ1v) is 7.76. The highest BCUT2D eigenvalue weighted by Gasteiger charge is 2.10. The van der Waals surface area contributed by atoms with Crippen LogP contribution in [-0.4, -0.2) is 21.6 Å². The van der Waals surface area contributed by atoms with Crippen LogP contribution in [0, 0.1) is 0 Å². The molecule has 0 aliphatic rings. The van der Waals surface area contributed by atoms with E-state index in [1.807, 2.05) is 6.92 Å². The summed E-state index contributed by atoms with van der Waals surface area (Å²) >= 11 is 0. The molecule has 0 aliphatic carbocycles. The van der Waals surface area contributed by atoms with Crippen LogP contribution in [-0.2, 0) is 11.3 Å². The van der Waals surface area contributed by atoms with Gasteiger partial charge in [-0.3, -0.25) is 14.4 Å². The van der Waals surface area contributed by atoms with Crippen molar-refractivity contribution < 1.29 is 9.59 Å². The second kappa shape index (κ2) is 8.05. The SMILES string of the molecule is CCCCn1nc(C(=O)Nc2cccc(NC(C)=O)c2)ccc1=O. The van der Waals surface area contributed by atoms with Crippen LogP contribution >= 0.6 is 0 Å². The summed E-state index contributed by atoms with van der Waals surface area (Å²) in [7, 11) is 0. The number of anilines is 2. The van der Waals surface area contributed by atoms with Gasteiger partial charge >= 0.3 is 0 Å². The molecule has 7 nitrogen and oxygen atoms in total. The van der Waals surface area contributed by atoms with Crippen molar-refractivity contribution in [2.75, 3.05) is 10.6 Å². The molecule has 2 amide bonds. The fraction of sp³-hybridized carbons (Fsp3) is 0.294. The average Bonchev–Trinajstić information content (AvgIpc) is 2.53. The summed E-state index contributed by atoms with van der Waals surface area (Å²) in [5.74, 6) is -0.608. The molecule has 0 saturated heterocycles. The summed E-state index contributed by atoms with van der Waals surface area (Å²) in [6, 6.07) is 9.53. The van der Waals surface area contributed by atoms with Crippen molar-refractivity contribution in [2.24, 2.45) is 0 Å². The van der Waals surface area contributed by atoms with Gasteiger partial charge in [0.2, 0.25) is 5.91 Å². The van der Waals surface area contributed by atoms with Crippen molar-refractivity contribution in [2.45, 2.75) is 33.2 Å². The van der Waals surface area contributed by atoms with Gasteiger partial charge in [-0.25, -0.2) is 4.68 Å². The number of carbonyl (C=O) groups excluding carboxylic acids is 2. The van der Waals surface area contributed by atoms with Crippen LogP contribution < -0.4 is 16.2 Å². The summed E-state index contributed by atoms with van der Waals surface area (Å²) in [5, 5.41) is 9.45. The highest BCUT2D eigenvalue weighted by Crippen LogP contribution is 2.15. The molecule has 0 atom stereocenters. The molecule has 7 heteroatoms. The monoisotopic (exact) mass is 328 g/mol. The molecule has 2 N–H and O–H groups in total. The van der Waals surface area contributed by atoms with Crippen molar-refractivity contribution in [1.82, 2.24) is 9.78 Å². The molecule has 0 saturated carbocycles. The van der Waals surface area contributed by atoms with Crippen molar-refractivity contribution in [3.8, 4) is 0 Å². The van der Waals surface area contributed by atoms with Gasteiger partial charge in [-0.05, 0) is 30.7 Å². The van der Waals surface area contributed by atoms with E-state index in [1.54, 1.807) is 24.3 Å². The molecular formula is C17H20N4O3. The molecule has 0 unspecified atom stereocenters. The first-order chi connectivity index (χ1) is 11.5.